The Hall–Kier alpha value is -2.25. The minimum atomic E-state index is -0.266. The zero-order valence-electron chi connectivity index (χ0n) is 14.8. The lowest BCUT2D eigenvalue weighted by Crippen LogP contribution is -2.11. The zero-order valence-corrected chi connectivity index (χ0v) is 16.3. The van der Waals surface area contributed by atoms with Crippen LogP contribution in [0.5, 0.6) is 11.6 Å². The molecule has 0 spiro atoms. The first-order valence-corrected chi connectivity index (χ1v) is 8.72. The van der Waals surface area contributed by atoms with Crippen molar-refractivity contribution in [2.24, 2.45) is 0 Å². The van der Waals surface area contributed by atoms with Crippen molar-refractivity contribution in [1.29, 1.82) is 0 Å². The number of halogens is 2. The van der Waals surface area contributed by atoms with Crippen molar-refractivity contribution in [3.8, 4) is 11.6 Å². The van der Waals surface area contributed by atoms with Crippen LogP contribution in [0.25, 0.3) is 0 Å². The number of rotatable bonds is 8. The molecule has 0 unspecified atom stereocenters. The van der Waals surface area contributed by atoms with Gasteiger partial charge in [0.25, 0.3) is 0 Å². The van der Waals surface area contributed by atoms with E-state index in [9.17, 15) is 4.79 Å². The molecule has 2 aromatic rings. The summed E-state index contributed by atoms with van der Waals surface area (Å²) in [4.78, 5) is 21.4. The number of carbonyl (C=O) groups excluding carboxylic acids is 1. The third-order valence-corrected chi connectivity index (χ3v) is 3.82. The third kappa shape index (κ3) is 5.64. The fourth-order valence-corrected chi connectivity index (χ4v) is 2.60. The lowest BCUT2D eigenvalue weighted by atomic mass is 10.3. The second-order valence-electron chi connectivity index (χ2n) is 5.46. The van der Waals surface area contributed by atoms with Gasteiger partial charge in [0.1, 0.15) is 12.1 Å². The smallest absolute Gasteiger partial charge is 0.307 e. The average molecular weight is 399 g/mol. The molecule has 1 heterocycles. The van der Waals surface area contributed by atoms with E-state index in [0.29, 0.717) is 46.3 Å². The number of esters is 1. The van der Waals surface area contributed by atoms with E-state index in [0.717, 1.165) is 0 Å². The first-order valence-electron chi connectivity index (χ1n) is 7.96. The summed E-state index contributed by atoms with van der Waals surface area (Å²) in [6.07, 6.45) is 1.65. The molecule has 0 bridgehead atoms. The summed E-state index contributed by atoms with van der Waals surface area (Å²) in [6.45, 7) is 2.54. The summed E-state index contributed by atoms with van der Waals surface area (Å²) in [6, 6.07) is 5.02. The minimum absolute atomic E-state index is 0.246. The maximum absolute atomic E-state index is 11.3. The molecule has 0 aliphatic rings. The maximum atomic E-state index is 11.3. The fourth-order valence-electron chi connectivity index (χ4n) is 2.04. The van der Waals surface area contributed by atoms with Gasteiger partial charge >= 0.3 is 5.97 Å². The predicted octanol–water partition coefficient (Wildman–Crippen LogP) is 4.01. The molecule has 0 aliphatic carbocycles. The molecule has 1 aromatic carbocycles. The van der Waals surface area contributed by atoms with Crippen LogP contribution in [0.3, 0.4) is 0 Å². The van der Waals surface area contributed by atoms with Gasteiger partial charge in [0.2, 0.25) is 5.88 Å². The predicted molar refractivity (Wildman–Crippen MR) is 103 cm³/mol. The van der Waals surface area contributed by atoms with Crippen LogP contribution in [-0.2, 0) is 9.53 Å². The summed E-state index contributed by atoms with van der Waals surface area (Å²) in [5, 5.41) is 3.71. The highest BCUT2D eigenvalue weighted by Gasteiger charge is 2.13. The highest BCUT2D eigenvalue weighted by atomic mass is 35.5. The molecule has 0 fully saturated rings. The minimum Gasteiger partial charge on any atom is -0.466 e. The Morgan fingerprint density at radius 1 is 1.19 bits per heavy atom. The number of benzene rings is 1. The topological polar surface area (TPSA) is 76.6 Å². The fraction of sp³-hybridized carbons (Fsp3) is 0.353. The molecule has 26 heavy (non-hydrogen) atoms. The monoisotopic (exact) mass is 398 g/mol. The van der Waals surface area contributed by atoms with Crippen molar-refractivity contribution in [2.45, 2.75) is 13.3 Å². The molecule has 7 nitrogen and oxygen atoms in total. The van der Waals surface area contributed by atoms with Gasteiger partial charge < -0.3 is 19.7 Å². The van der Waals surface area contributed by atoms with Crippen molar-refractivity contribution < 1.29 is 14.3 Å². The SMILES string of the molecule is CCOC(=O)CCNc1cc(Cl)c(Oc2cc(N(C)C)ncn2)c(Cl)c1. The number of nitrogens with one attached hydrogen (secondary N) is 1. The first-order chi connectivity index (χ1) is 12.4. The van der Waals surface area contributed by atoms with Gasteiger partial charge in [-0.2, -0.15) is 0 Å². The Kier molecular flexibility index (Phi) is 7.29. The number of hydrogen-bond acceptors (Lipinski definition) is 7. The summed E-state index contributed by atoms with van der Waals surface area (Å²) in [7, 11) is 3.73. The first kappa shape index (κ1) is 20.1. The number of nitrogens with zero attached hydrogens (tertiary/aromatic N) is 3. The number of anilines is 2. The molecule has 1 N–H and O–H groups in total. The number of aromatic nitrogens is 2. The maximum Gasteiger partial charge on any atom is 0.307 e. The molecular formula is C17H20Cl2N4O3. The van der Waals surface area contributed by atoms with E-state index >= 15 is 0 Å². The Morgan fingerprint density at radius 2 is 1.88 bits per heavy atom. The largest absolute Gasteiger partial charge is 0.466 e. The highest BCUT2D eigenvalue weighted by molar-refractivity contribution is 6.37. The van der Waals surface area contributed by atoms with Crippen LogP contribution in [0.15, 0.2) is 24.5 Å². The van der Waals surface area contributed by atoms with Gasteiger partial charge in [-0.3, -0.25) is 4.79 Å². The molecule has 1 aromatic heterocycles. The third-order valence-electron chi connectivity index (χ3n) is 3.25. The van der Waals surface area contributed by atoms with E-state index in [1.807, 2.05) is 19.0 Å². The zero-order chi connectivity index (χ0) is 19.1. The second kappa shape index (κ2) is 9.45. The van der Waals surface area contributed by atoms with Crippen LogP contribution in [0.1, 0.15) is 13.3 Å². The van der Waals surface area contributed by atoms with Crippen LogP contribution < -0.4 is 15.0 Å². The van der Waals surface area contributed by atoms with Gasteiger partial charge in [0, 0.05) is 32.4 Å². The molecule has 140 valence electrons. The van der Waals surface area contributed by atoms with Crippen LogP contribution >= 0.6 is 23.2 Å². The average Bonchev–Trinajstić information content (AvgIpc) is 2.58. The van der Waals surface area contributed by atoms with Crippen molar-refractivity contribution in [1.82, 2.24) is 9.97 Å². The molecule has 0 aliphatic heterocycles. The van der Waals surface area contributed by atoms with Gasteiger partial charge in [-0.25, -0.2) is 9.97 Å². The van der Waals surface area contributed by atoms with E-state index in [1.54, 1.807) is 25.1 Å². The van der Waals surface area contributed by atoms with Crippen LogP contribution in [0.2, 0.25) is 10.0 Å². The summed E-state index contributed by atoms with van der Waals surface area (Å²) >= 11 is 12.6. The summed E-state index contributed by atoms with van der Waals surface area (Å²) in [5.41, 5.74) is 0.674. The molecule has 0 radical (unpaired) electrons. The van der Waals surface area contributed by atoms with Gasteiger partial charge in [-0.05, 0) is 19.1 Å². The van der Waals surface area contributed by atoms with E-state index in [1.165, 1.54) is 6.33 Å². The van der Waals surface area contributed by atoms with E-state index in [2.05, 4.69) is 15.3 Å². The lowest BCUT2D eigenvalue weighted by molar-refractivity contribution is -0.142. The van der Waals surface area contributed by atoms with Crippen LogP contribution in [0.4, 0.5) is 11.5 Å². The Morgan fingerprint density at radius 3 is 2.50 bits per heavy atom. The highest BCUT2D eigenvalue weighted by Crippen LogP contribution is 2.38. The number of hydrogen-bond donors (Lipinski definition) is 1. The molecule has 0 saturated carbocycles. The van der Waals surface area contributed by atoms with Crippen LogP contribution in [0, 0.1) is 0 Å². The van der Waals surface area contributed by atoms with Crippen molar-refractivity contribution in [3.63, 3.8) is 0 Å². The van der Waals surface area contributed by atoms with Crippen molar-refractivity contribution in [2.75, 3.05) is 37.5 Å². The second-order valence-corrected chi connectivity index (χ2v) is 6.28. The molecule has 9 heteroatoms. The van der Waals surface area contributed by atoms with Crippen molar-refractivity contribution >= 4 is 40.7 Å². The molecule has 0 atom stereocenters. The molecule has 0 saturated heterocycles. The van der Waals surface area contributed by atoms with E-state index < -0.39 is 0 Å². The van der Waals surface area contributed by atoms with Gasteiger partial charge in [0.15, 0.2) is 5.75 Å². The van der Waals surface area contributed by atoms with E-state index in [4.69, 9.17) is 32.7 Å². The van der Waals surface area contributed by atoms with Crippen LogP contribution in [-0.4, -0.2) is 43.2 Å². The van der Waals surface area contributed by atoms with Crippen molar-refractivity contribution in [3.05, 3.63) is 34.6 Å². The molecule has 0 amide bonds. The standard InChI is InChI=1S/C17H20Cl2N4O3/c1-4-25-16(24)5-6-20-11-7-12(18)17(13(19)8-11)26-15-9-14(23(2)3)21-10-22-15/h7-10,20H,4-6H2,1-3H3. The number of carbonyl (C=O) groups is 1. The molecular weight excluding hydrogens is 379 g/mol. The lowest BCUT2D eigenvalue weighted by Gasteiger charge is -2.14. The van der Waals surface area contributed by atoms with E-state index in [-0.39, 0.29) is 12.4 Å². The summed E-state index contributed by atoms with van der Waals surface area (Å²) in [5.74, 6) is 1.06. The van der Waals surface area contributed by atoms with Gasteiger partial charge in [-0.1, -0.05) is 23.2 Å². The Bertz CT molecular complexity index is 748. The Labute approximate surface area is 162 Å². The number of ether oxygens (including phenoxy) is 2. The summed E-state index contributed by atoms with van der Waals surface area (Å²) < 4.78 is 10.6. The molecule has 2 rings (SSSR count). The van der Waals surface area contributed by atoms with Gasteiger partial charge in [-0.15, -0.1) is 0 Å². The quantitative estimate of drug-likeness (QED) is 0.673. The Balaban J connectivity index is 2.07. The van der Waals surface area contributed by atoms with Gasteiger partial charge in [0.05, 0.1) is 23.1 Å². The normalized spacial score (nSPS) is 10.3.